The predicted molar refractivity (Wildman–Crippen MR) is 40.0 cm³/mol. The van der Waals surface area contributed by atoms with Crippen LogP contribution in [0.25, 0.3) is 0 Å². The normalized spacial score (nSPS) is 22.9. The molecule has 0 spiro atoms. The van der Waals surface area contributed by atoms with Crippen LogP contribution >= 0.6 is 0 Å². The van der Waals surface area contributed by atoms with Crippen LogP contribution in [0.1, 0.15) is 33.1 Å². The molecular weight excluding hydrogens is 144 g/mol. The van der Waals surface area contributed by atoms with Gasteiger partial charge in [-0.2, -0.15) is 0 Å². The maximum absolute atomic E-state index is 10.9. The number of carbonyl (C=O) groups is 1. The minimum Gasteiger partial charge on any atom is -0.433 e. The molecule has 0 aromatic carbocycles. The molecule has 0 amide bonds. The van der Waals surface area contributed by atoms with Crippen LogP contribution in [-0.4, -0.2) is 18.4 Å². The van der Waals surface area contributed by atoms with E-state index in [0.717, 1.165) is 12.8 Å². The number of ether oxygens (including phenoxy) is 2. The van der Waals surface area contributed by atoms with Crippen LogP contribution in [-0.2, 0) is 14.3 Å². The summed E-state index contributed by atoms with van der Waals surface area (Å²) in [4.78, 5) is 10.9. The van der Waals surface area contributed by atoms with Gasteiger partial charge in [-0.3, -0.25) is 4.79 Å². The lowest BCUT2D eigenvalue weighted by Gasteiger charge is -2.34. The first-order chi connectivity index (χ1) is 5.22. The Morgan fingerprint density at radius 3 is 2.45 bits per heavy atom. The van der Waals surface area contributed by atoms with Crippen LogP contribution in [0.3, 0.4) is 0 Å². The molecular formula is C8H14O3. The molecule has 0 atom stereocenters. The van der Waals surface area contributed by atoms with Gasteiger partial charge in [0.2, 0.25) is 5.79 Å². The highest BCUT2D eigenvalue weighted by Gasteiger charge is 2.34. The fourth-order valence-corrected chi connectivity index (χ4v) is 1.21. The van der Waals surface area contributed by atoms with Crippen LogP contribution in [0, 0.1) is 0 Å². The van der Waals surface area contributed by atoms with Gasteiger partial charge in [0.05, 0.1) is 13.0 Å². The number of hydrogen-bond acceptors (Lipinski definition) is 3. The third-order valence-electron chi connectivity index (χ3n) is 2.05. The molecule has 0 unspecified atom stereocenters. The van der Waals surface area contributed by atoms with Crippen molar-refractivity contribution in [2.45, 2.75) is 38.9 Å². The standard InChI is InChI=1S/C8H14O3/c1-3-8(4-2)10-6-5-7(9)11-8/h3-6H2,1-2H3. The van der Waals surface area contributed by atoms with E-state index >= 15 is 0 Å². The van der Waals surface area contributed by atoms with Crippen LogP contribution in [0.2, 0.25) is 0 Å². The van der Waals surface area contributed by atoms with Gasteiger partial charge in [-0.25, -0.2) is 0 Å². The van der Waals surface area contributed by atoms with Crippen molar-refractivity contribution in [1.29, 1.82) is 0 Å². The Morgan fingerprint density at radius 2 is 2.09 bits per heavy atom. The van der Waals surface area contributed by atoms with Crippen molar-refractivity contribution in [1.82, 2.24) is 0 Å². The summed E-state index contributed by atoms with van der Waals surface area (Å²) in [5, 5.41) is 0. The number of cyclic esters (lactones) is 1. The van der Waals surface area contributed by atoms with E-state index in [9.17, 15) is 4.79 Å². The highest BCUT2D eigenvalue weighted by Crippen LogP contribution is 2.26. The summed E-state index contributed by atoms with van der Waals surface area (Å²) in [6.07, 6.45) is 1.85. The molecule has 3 heteroatoms. The minimum absolute atomic E-state index is 0.139. The number of carbonyl (C=O) groups excluding carboxylic acids is 1. The van der Waals surface area contributed by atoms with E-state index in [1.54, 1.807) is 0 Å². The lowest BCUT2D eigenvalue weighted by molar-refractivity contribution is -0.255. The number of rotatable bonds is 2. The molecule has 0 radical (unpaired) electrons. The zero-order chi connectivity index (χ0) is 8.32. The Morgan fingerprint density at radius 1 is 1.45 bits per heavy atom. The molecule has 0 aliphatic carbocycles. The highest BCUT2D eigenvalue weighted by molar-refractivity contribution is 5.70. The van der Waals surface area contributed by atoms with Crippen molar-refractivity contribution in [3.8, 4) is 0 Å². The summed E-state index contributed by atoms with van der Waals surface area (Å²) in [6.45, 7) is 4.42. The predicted octanol–water partition coefficient (Wildman–Crippen LogP) is 1.47. The van der Waals surface area contributed by atoms with E-state index in [0.29, 0.717) is 13.0 Å². The zero-order valence-corrected chi connectivity index (χ0v) is 7.05. The third-order valence-corrected chi connectivity index (χ3v) is 2.05. The van der Waals surface area contributed by atoms with E-state index in [2.05, 4.69) is 0 Å². The molecule has 1 saturated heterocycles. The van der Waals surface area contributed by atoms with Gasteiger partial charge in [-0.1, -0.05) is 13.8 Å². The maximum Gasteiger partial charge on any atom is 0.310 e. The van der Waals surface area contributed by atoms with Crippen LogP contribution < -0.4 is 0 Å². The molecule has 11 heavy (non-hydrogen) atoms. The molecule has 1 aliphatic rings. The highest BCUT2D eigenvalue weighted by atomic mass is 16.7. The number of hydrogen-bond donors (Lipinski definition) is 0. The lowest BCUT2D eigenvalue weighted by Crippen LogP contribution is -2.41. The Balaban J connectivity index is 2.59. The van der Waals surface area contributed by atoms with Crippen molar-refractivity contribution in [2.75, 3.05) is 6.61 Å². The summed E-state index contributed by atoms with van der Waals surface area (Å²) in [5.74, 6) is -0.755. The summed E-state index contributed by atoms with van der Waals surface area (Å²) in [6, 6.07) is 0. The van der Waals surface area contributed by atoms with E-state index in [1.165, 1.54) is 0 Å². The van der Waals surface area contributed by atoms with Gasteiger partial charge < -0.3 is 9.47 Å². The first-order valence-electron chi connectivity index (χ1n) is 4.08. The van der Waals surface area contributed by atoms with Crippen molar-refractivity contribution in [2.24, 2.45) is 0 Å². The molecule has 1 fully saturated rings. The minimum atomic E-state index is -0.616. The average Bonchev–Trinajstić information content (AvgIpc) is 2.04. The van der Waals surface area contributed by atoms with Crippen LogP contribution in [0.5, 0.6) is 0 Å². The molecule has 1 heterocycles. The van der Waals surface area contributed by atoms with Gasteiger partial charge >= 0.3 is 5.97 Å². The monoisotopic (exact) mass is 158 g/mol. The van der Waals surface area contributed by atoms with Crippen LogP contribution in [0.15, 0.2) is 0 Å². The summed E-state index contributed by atoms with van der Waals surface area (Å²) in [5.41, 5.74) is 0. The molecule has 0 bridgehead atoms. The third kappa shape index (κ3) is 1.71. The summed E-state index contributed by atoms with van der Waals surface area (Å²) < 4.78 is 10.5. The van der Waals surface area contributed by atoms with Gasteiger partial charge in [-0.05, 0) is 0 Å². The quantitative estimate of drug-likeness (QED) is 0.571. The Kier molecular flexibility index (Phi) is 2.49. The van der Waals surface area contributed by atoms with Crippen molar-refractivity contribution in [3.05, 3.63) is 0 Å². The Hall–Kier alpha value is -0.570. The molecule has 0 aromatic rings. The zero-order valence-electron chi connectivity index (χ0n) is 7.05. The van der Waals surface area contributed by atoms with Gasteiger partial charge in [0.15, 0.2) is 0 Å². The van der Waals surface area contributed by atoms with Crippen molar-refractivity contribution < 1.29 is 14.3 Å². The summed E-state index contributed by atoms with van der Waals surface area (Å²) in [7, 11) is 0. The van der Waals surface area contributed by atoms with Crippen molar-refractivity contribution in [3.63, 3.8) is 0 Å². The first-order valence-corrected chi connectivity index (χ1v) is 4.08. The Labute approximate surface area is 66.7 Å². The van der Waals surface area contributed by atoms with E-state index < -0.39 is 5.79 Å². The molecule has 3 nitrogen and oxygen atoms in total. The van der Waals surface area contributed by atoms with Crippen molar-refractivity contribution >= 4 is 5.97 Å². The molecule has 1 rings (SSSR count). The second-order valence-electron chi connectivity index (χ2n) is 2.69. The van der Waals surface area contributed by atoms with E-state index in [4.69, 9.17) is 9.47 Å². The molecule has 0 saturated carbocycles. The van der Waals surface area contributed by atoms with Gasteiger partial charge in [-0.15, -0.1) is 0 Å². The SMILES string of the molecule is CCC1(CC)OCCC(=O)O1. The number of esters is 1. The second-order valence-corrected chi connectivity index (χ2v) is 2.69. The smallest absolute Gasteiger partial charge is 0.310 e. The molecule has 64 valence electrons. The van der Waals surface area contributed by atoms with E-state index in [-0.39, 0.29) is 5.97 Å². The first kappa shape index (κ1) is 8.53. The van der Waals surface area contributed by atoms with Gasteiger partial charge in [0, 0.05) is 12.8 Å². The van der Waals surface area contributed by atoms with Gasteiger partial charge in [0.1, 0.15) is 0 Å². The summed E-state index contributed by atoms with van der Waals surface area (Å²) >= 11 is 0. The van der Waals surface area contributed by atoms with Crippen LogP contribution in [0.4, 0.5) is 0 Å². The maximum atomic E-state index is 10.9. The van der Waals surface area contributed by atoms with Gasteiger partial charge in [0.25, 0.3) is 0 Å². The second kappa shape index (κ2) is 3.22. The molecule has 0 aromatic heterocycles. The average molecular weight is 158 g/mol. The van der Waals surface area contributed by atoms with E-state index in [1.807, 2.05) is 13.8 Å². The fraction of sp³-hybridized carbons (Fsp3) is 0.875. The fourth-order valence-electron chi connectivity index (χ4n) is 1.21. The lowest BCUT2D eigenvalue weighted by atomic mass is 10.1. The molecule has 1 aliphatic heterocycles. The molecule has 0 N–H and O–H groups in total. The topological polar surface area (TPSA) is 35.5 Å². The largest absolute Gasteiger partial charge is 0.433 e. The Bertz CT molecular complexity index is 149.